The van der Waals surface area contributed by atoms with Gasteiger partial charge in [-0.2, -0.15) is 10.4 Å². The van der Waals surface area contributed by atoms with Crippen LogP contribution in [0.4, 0.5) is 5.69 Å². The van der Waals surface area contributed by atoms with E-state index in [9.17, 15) is 14.9 Å². The van der Waals surface area contributed by atoms with E-state index in [1.54, 1.807) is 31.4 Å². The second kappa shape index (κ2) is 15.4. The van der Waals surface area contributed by atoms with Crippen molar-refractivity contribution in [2.45, 2.75) is 69.4 Å². The van der Waals surface area contributed by atoms with Crippen molar-refractivity contribution in [2.75, 3.05) is 31.4 Å². The predicted molar refractivity (Wildman–Crippen MR) is 189 cm³/mol. The van der Waals surface area contributed by atoms with Gasteiger partial charge in [0.05, 0.1) is 30.7 Å². The number of carbonyl (C=O) groups excluding carboxylic acids is 2. The molecular weight excluding hydrogens is 639 g/mol. The van der Waals surface area contributed by atoms with Gasteiger partial charge < -0.3 is 19.5 Å². The van der Waals surface area contributed by atoms with Crippen LogP contribution in [0, 0.1) is 36.0 Å². The summed E-state index contributed by atoms with van der Waals surface area (Å²) in [5.74, 6) is 2.98. The molecule has 4 aliphatic rings. The molecule has 1 heterocycles. The average Bonchev–Trinajstić information content (AvgIpc) is 3.07. The molecule has 0 aliphatic heterocycles. The first-order valence-corrected chi connectivity index (χ1v) is 17.9. The Kier molecular flexibility index (Phi) is 10.9. The Hall–Kier alpha value is -4.40. The number of anilines is 1. The van der Waals surface area contributed by atoms with Crippen LogP contribution in [0.3, 0.4) is 0 Å². The molecule has 4 bridgehead atoms. The van der Waals surface area contributed by atoms with Crippen molar-refractivity contribution in [3.05, 3.63) is 76.5 Å². The fourth-order valence-electron chi connectivity index (χ4n) is 8.25. The molecule has 0 spiro atoms. The molecule has 11 heteroatoms. The number of thioether (sulfide) groups is 1. The smallest absolute Gasteiger partial charge is 0.262 e. The summed E-state index contributed by atoms with van der Waals surface area (Å²) in [6.07, 6.45) is 9.69. The maximum Gasteiger partial charge on any atom is 0.262 e. The van der Waals surface area contributed by atoms with Crippen molar-refractivity contribution < 1.29 is 23.8 Å². The maximum atomic E-state index is 12.8. The summed E-state index contributed by atoms with van der Waals surface area (Å²) in [5.41, 5.74) is 7.56. The Morgan fingerprint density at radius 1 is 1.02 bits per heavy atom. The van der Waals surface area contributed by atoms with E-state index in [0.717, 1.165) is 34.7 Å². The fourth-order valence-corrected chi connectivity index (χ4v) is 9.11. The number of hydrazone groups is 1. The van der Waals surface area contributed by atoms with E-state index < -0.39 is 0 Å². The molecule has 2 aromatic carbocycles. The van der Waals surface area contributed by atoms with E-state index in [1.807, 2.05) is 26.0 Å². The molecule has 0 radical (unpaired) electrons. The molecule has 4 aliphatic carbocycles. The predicted octanol–water partition coefficient (Wildman–Crippen LogP) is 6.53. The standard InChI is InChI=1S/C38H43N5O5S/c1-4-47-34-15-25(20-40-43-36(45)23-49-37-32(19-39)29(21-46-3)11-24(2)41-37)5-10-33(34)48-22-35(44)42-31-8-6-30(7-9-31)38-16-26-12-27(17-38)14-28(13-26)18-38/h5-11,15,20,26-28H,4,12-14,16-18,21-23H2,1-3H3,(H,42,44)(H,43,45)/b40-20+. The highest BCUT2D eigenvalue weighted by molar-refractivity contribution is 8.00. The average molecular weight is 682 g/mol. The van der Waals surface area contributed by atoms with Crippen LogP contribution in [0.1, 0.15) is 73.4 Å². The van der Waals surface area contributed by atoms with Gasteiger partial charge in [0.15, 0.2) is 18.1 Å². The van der Waals surface area contributed by atoms with Crippen molar-refractivity contribution in [1.29, 1.82) is 5.26 Å². The van der Waals surface area contributed by atoms with E-state index >= 15 is 0 Å². The number of hydrogen-bond donors (Lipinski definition) is 2. The number of nitrogens with zero attached hydrogens (tertiary/aromatic N) is 3. The molecule has 49 heavy (non-hydrogen) atoms. The molecule has 3 aromatic rings. The highest BCUT2D eigenvalue weighted by Gasteiger charge is 2.51. The third-order valence-corrected chi connectivity index (χ3v) is 10.8. The molecule has 7 rings (SSSR count). The van der Waals surface area contributed by atoms with Gasteiger partial charge in [0, 0.05) is 18.5 Å². The number of hydrogen-bond acceptors (Lipinski definition) is 9. The van der Waals surface area contributed by atoms with Crippen LogP contribution in [-0.4, -0.2) is 49.1 Å². The van der Waals surface area contributed by atoms with Crippen LogP contribution < -0.4 is 20.2 Å². The second-order valence-electron chi connectivity index (χ2n) is 13.5. The van der Waals surface area contributed by atoms with Gasteiger partial charge in [-0.3, -0.25) is 9.59 Å². The van der Waals surface area contributed by atoms with Gasteiger partial charge in [-0.05, 0) is 129 Å². The number of methoxy groups -OCH3 is 1. The van der Waals surface area contributed by atoms with Gasteiger partial charge in [-0.15, -0.1) is 0 Å². The lowest BCUT2D eigenvalue weighted by atomic mass is 9.48. The fraction of sp³-hybridized carbons (Fsp3) is 0.447. The minimum absolute atomic E-state index is 0.0279. The van der Waals surface area contributed by atoms with Gasteiger partial charge in [-0.25, -0.2) is 10.4 Å². The first kappa shape index (κ1) is 34.5. The first-order valence-electron chi connectivity index (χ1n) is 16.9. The second-order valence-corrected chi connectivity index (χ2v) is 14.4. The summed E-state index contributed by atoms with van der Waals surface area (Å²) in [4.78, 5) is 29.7. The number of benzene rings is 2. The Bertz CT molecular complexity index is 1720. The number of aryl methyl sites for hydroxylation is 1. The number of aromatic nitrogens is 1. The summed E-state index contributed by atoms with van der Waals surface area (Å²) in [5, 5.41) is 17.1. The number of nitrogens with one attached hydrogen (secondary N) is 2. The maximum absolute atomic E-state index is 12.8. The number of rotatable bonds is 14. The van der Waals surface area contributed by atoms with Crippen LogP contribution >= 0.6 is 11.8 Å². The Labute approximate surface area is 292 Å². The normalized spacial score (nSPS) is 22.1. The van der Waals surface area contributed by atoms with Crippen LogP contribution in [0.5, 0.6) is 11.5 Å². The van der Waals surface area contributed by atoms with Crippen molar-refractivity contribution in [2.24, 2.45) is 22.9 Å². The molecule has 4 saturated carbocycles. The Morgan fingerprint density at radius 2 is 1.73 bits per heavy atom. The van der Waals surface area contributed by atoms with E-state index in [4.69, 9.17) is 14.2 Å². The van der Waals surface area contributed by atoms with Gasteiger partial charge in [-0.1, -0.05) is 23.9 Å². The molecule has 256 valence electrons. The van der Waals surface area contributed by atoms with E-state index in [1.165, 1.54) is 62.1 Å². The monoisotopic (exact) mass is 681 g/mol. The number of amides is 2. The zero-order valence-corrected chi connectivity index (χ0v) is 29.1. The third-order valence-electron chi connectivity index (χ3n) is 9.80. The SMILES string of the molecule is CCOc1cc(/C=N/NC(=O)CSc2nc(C)cc(COC)c2C#N)ccc1OCC(=O)Nc1ccc(C23CC4CC(CC(C4)C2)C3)cc1. The van der Waals surface area contributed by atoms with Gasteiger partial charge in [0.25, 0.3) is 5.91 Å². The molecule has 0 saturated heterocycles. The van der Waals surface area contributed by atoms with E-state index in [0.29, 0.717) is 39.7 Å². The molecule has 10 nitrogen and oxygen atoms in total. The van der Waals surface area contributed by atoms with E-state index in [2.05, 4.69) is 39.0 Å². The molecular formula is C38H43N5O5S. The molecule has 0 unspecified atom stereocenters. The van der Waals surface area contributed by atoms with Crippen molar-refractivity contribution in [3.8, 4) is 17.6 Å². The molecule has 2 N–H and O–H groups in total. The Balaban J connectivity index is 0.993. The number of ether oxygens (including phenoxy) is 3. The van der Waals surface area contributed by atoms with Crippen molar-refractivity contribution in [1.82, 2.24) is 10.4 Å². The summed E-state index contributed by atoms with van der Waals surface area (Å²) in [6.45, 7) is 4.20. The van der Waals surface area contributed by atoms with Crippen molar-refractivity contribution >= 4 is 35.5 Å². The number of pyridine rings is 1. The van der Waals surface area contributed by atoms with Crippen LogP contribution in [0.2, 0.25) is 0 Å². The molecule has 0 atom stereocenters. The highest BCUT2D eigenvalue weighted by atomic mass is 32.2. The Morgan fingerprint density at radius 3 is 2.39 bits per heavy atom. The van der Waals surface area contributed by atoms with Crippen LogP contribution in [0.25, 0.3) is 0 Å². The molecule has 4 fully saturated rings. The van der Waals surface area contributed by atoms with Gasteiger partial charge in [0.1, 0.15) is 11.1 Å². The summed E-state index contributed by atoms with van der Waals surface area (Å²) < 4.78 is 16.8. The lowest BCUT2D eigenvalue weighted by Gasteiger charge is -2.57. The van der Waals surface area contributed by atoms with Crippen LogP contribution in [-0.2, 0) is 26.3 Å². The molecule has 2 amide bonds. The summed E-state index contributed by atoms with van der Waals surface area (Å²) in [6, 6.07) is 17.6. The lowest BCUT2D eigenvalue weighted by molar-refractivity contribution is -0.119. The lowest BCUT2D eigenvalue weighted by Crippen LogP contribution is -2.48. The highest BCUT2D eigenvalue weighted by Crippen LogP contribution is 2.60. The quantitative estimate of drug-likeness (QED) is 0.111. The van der Waals surface area contributed by atoms with Gasteiger partial charge in [0.2, 0.25) is 5.91 Å². The summed E-state index contributed by atoms with van der Waals surface area (Å²) >= 11 is 1.17. The largest absolute Gasteiger partial charge is 0.490 e. The summed E-state index contributed by atoms with van der Waals surface area (Å²) in [7, 11) is 1.56. The number of carbonyl (C=O) groups is 2. The number of nitriles is 1. The van der Waals surface area contributed by atoms with Crippen molar-refractivity contribution in [3.63, 3.8) is 0 Å². The minimum atomic E-state index is -0.347. The van der Waals surface area contributed by atoms with E-state index in [-0.39, 0.29) is 30.8 Å². The third kappa shape index (κ3) is 8.26. The van der Waals surface area contributed by atoms with Gasteiger partial charge >= 0.3 is 0 Å². The zero-order valence-electron chi connectivity index (χ0n) is 28.3. The topological polar surface area (TPSA) is 135 Å². The minimum Gasteiger partial charge on any atom is -0.490 e. The van der Waals surface area contributed by atoms with Crippen LogP contribution in [0.15, 0.2) is 58.7 Å². The molecule has 1 aromatic heterocycles. The zero-order chi connectivity index (χ0) is 34.4. The first-order chi connectivity index (χ1) is 23.8.